The van der Waals surface area contributed by atoms with Crippen molar-refractivity contribution in [3.05, 3.63) is 0 Å². The highest BCUT2D eigenvalue weighted by Gasteiger charge is 2.29. The SMILES string of the molecule is CCCC(CC)NC(=O)C1CC(OC)CN1. The first-order chi connectivity index (χ1) is 7.71. The third-order valence-electron chi connectivity index (χ3n) is 3.22. The number of hydrogen-bond donors (Lipinski definition) is 2. The molecule has 1 fully saturated rings. The zero-order valence-electron chi connectivity index (χ0n) is 10.6. The van der Waals surface area contributed by atoms with Crippen LogP contribution in [0.25, 0.3) is 0 Å². The van der Waals surface area contributed by atoms with Crippen LogP contribution in [0.1, 0.15) is 39.5 Å². The van der Waals surface area contributed by atoms with Crippen molar-refractivity contribution >= 4 is 5.91 Å². The van der Waals surface area contributed by atoms with E-state index in [1.807, 2.05) is 0 Å². The molecule has 1 saturated heterocycles. The van der Waals surface area contributed by atoms with Crippen LogP contribution in [0.3, 0.4) is 0 Å². The Hall–Kier alpha value is -0.610. The third-order valence-corrected chi connectivity index (χ3v) is 3.22. The quantitative estimate of drug-likeness (QED) is 0.714. The molecule has 4 nitrogen and oxygen atoms in total. The first-order valence-electron chi connectivity index (χ1n) is 6.27. The fourth-order valence-corrected chi connectivity index (χ4v) is 2.11. The van der Waals surface area contributed by atoms with Gasteiger partial charge in [0, 0.05) is 19.7 Å². The third kappa shape index (κ3) is 3.76. The predicted molar refractivity (Wildman–Crippen MR) is 64.3 cm³/mol. The van der Waals surface area contributed by atoms with Crippen LogP contribution in [0.5, 0.6) is 0 Å². The van der Waals surface area contributed by atoms with Crippen LogP contribution < -0.4 is 10.6 Å². The highest BCUT2D eigenvalue weighted by molar-refractivity contribution is 5.82. The van der Waals surface area contributed by atoms with E-state index in [-0.39, 0.29) is 18.1 Å². The summed E-state index contributed by atoms with van der Waals surface area (Å²) < 4.78 is 5.23. The van der Waals surface area contributed by atoms with Gasteiger partial charge in [0.15, 0.2) is 0 Å². The number of rotatable bonds is 6. The van der Waals surface area contributed by atoms with Crippen molar-refractivity contribution in [3.8, 4) is 0 Å². The topological polar surface area (TPSA) is 50.4 Å². The zero-order valence-corrected chi connectivity index (χ0v) is 10.6. The molecule has 0 saturated carbocycles. The molecule has 16 heavy (non-hydrogen) atoms. The minimum Gasteiger partial charge on any atom is -0.380 e. The van der Waals surface area contributed by atoms with E-state index in [0.29, 0.717) is 6.04 Å². The van der Waals surface area contributed by atoms with Crippen LogP contribution in [0, 0.1) is 0 Å². The Balaban J connectivity index is 2.34. The van der Waals surface area contributed by atoms with Crippen LogP contribution >= 0.6 is 0 Å². The van der Waals surface area contributed by atoms with E-state index in [4.69, 9.17) is 4.74 Å². The van der Waals surface area contributed by atoms with Crippen molar-refractivity contribution in [2.75, 3.05) is 13.7 Å². The lowest BCUT2D eigenvalue weighted by Gasteiger charge is -2.19. The number of ether oxygens (including phenoxy) is 1. The highest BCUT2D eigenvalue weighted by Crippen LogP contribution is 2.10. The minimum absolute atomic E-state index is 0.0733. The highest BCUT2D eigenvalue weighted by atomic mass is 16.5. The molecule has 94 valence electrons. The number of amides is 1. The molecule has 0 radical (unpaired) electrons. The molecule has 1 rings (SSSR count). The van der Waals surface area contributed by atoms with Gasteiger partial charge in [-0.05, 0) is 19.3 Å². The molecule has 0 aliphatic carbocycles. The second-order valence-corrected chi connectivity index (χ2v) is 4.46. The van der Waals surface area contributed by atoms with E-state index in [2.05, 4.69) is 24.5 Å². The van der Waals surface area contributed by atoms with Gasteiger partial charge in [-0.15, -0.1) is 0 Å². The van der Waals surface area contributed by atoms with Gasteiger partial charge < -0.3 is 15.4 Å². The Morgan fingerprint density at radius 2 is 2.31 bits per heavy atom. The Bertz CT molecular complexity index is 221. The molecule has 1 aliphatic heterocycles. The first-order valence-corrected chi connectivity index (χ1v) is 6.27. The summed E-state index contributed by atoms with van der Waals surface area (Å²) in [6.07, 6.45) is 4.13. The maximum absolute atomic E-state index is 11.9. The lowest BCUT2D eigenvalue weighted by molar-refractivity contribution is -0.123. The van der Waals surface area contributed by atoms with Crippen LogP contribution in [0.2, 0.25) is 0 Å². The average molecular weight is 228 g/mol. The summed E-state index contributed by atoms with van der Waals surface area (Å²) in [6.45, 7) is 5.03. The monoisotopic (exact) mass is 228 g/mol. The smallest absolute Gasteiger partial charge is 0.237 e. The van der Waals surface area contributed by atoms with Crippen LogP contribution in [0.15, 0.2) is 0 Å². The number of methoxy groups -OCH3 is 1. The molecule has 1 amide bonds. The molecule has 0 spiro atoms. The number of carbonyl (C=O) groups excluding carboxylic acids is 1. The van der Waals surface area contributed by atoms with Gasteiger partial charge in [-0.2, -0.15) is 0 Å². The van der Waals surface area contributed by atoms with Crippen molar-refractivity contribution in [2.45, 2.75) is 57.7 Å². The molecule has 0 aromatic rings. The van der Waals surface area contributed by atoms with E-state index >= 15 is 0 Å². The fourth-order valence-electron chi connectivity index (χ4n) is 2.11. The van der Waals surface area contributed by atoms with E-state index in [9.17, 15) is 4.79 Å². The summed E-state index contributed by atoms with van der Waals surface area (Å²) in [5, 5.41) is 6.29. The van der Waals surface area contributed by atoms with Crippen molar-refractivity contribution in [1.82, 2.24) is 10.6 Å². The van der Waals surface area contributed by atoms with E-state index in [0.717, 1.165) is 32.2 Å². The van der Waals surface area contributed by atoms with Crippen molar-refractivity contribution in [1.29, 1.82) is 0 Å². The van der Waals surface area contributed by atoms with Gasteiger partial charge in [0.05, 0.1) is 12.1 Å². The van der Waals surface area contributed by atoms with Crippen molar-refractivity contribution < 1.29 is 9.53 Å². The molecule has 3 atom stereocenters. The van der Waals surface area contributed by atoms with Gasteiger partial charge in [0.2, 0.25) is 5.91 Å². The van der Waals surface area contributed by atoms with Gasteiger partial charge in [0.25, 0.3) is 0 Å². The number of nitrogens with one attached hydrogen (secondary N) is 2. The molecule has 1 heterocycles. The fraction of sp³-hybridized carbons (Fsp3) is 0.917. The molecule has 2 N–H and O–H groups in total. The van der Waals surface area contributed by atoms with E-state index in [1.54, 1.807) is 7.11 Å². The second kappa shape index (κ2) is 6.86. The standard InChI is InChI=1S/C12H24N2O2/c1-4-6-9(5-2)14-12(15)11-7-10(16-3)8-13-11/h9-11,13H,4-8H2,1-3H3,(H,14,15). The summed E-state index contributed by atoms with van der Waals surface area (Å²) in [7, 11) is 1.69. The summed E-state index contributed by atoms with van der Waals surface area (Å²) in [6, 6.07) is 0.247. The summed E-state index contributed by atoms with van der Waals surface area (Å²) >= 11 is 0. The molecular formula is C12H24N2O2. The van der Waals surface area contributed by atoms with Gasteiger partial charge in [-0.1, -0.05) is 20.3 Å². The molecule has 4 heteroatoms. The molecule has 3 unspecified atom stereocenters. The predicted octanol–water partition coefficient (Wildman–Crippen LogP) is 1.06. The van der Waals surface area contributed by atoms with Crippen molar-refractivity contribution in [2.24, 2.45) is 0 Å². The van der Waals surface area contributed by atoms with E-state index in [1.165, 1.54) is 0 Å². The lowest BCUT2D eigenvalue weighted by atomic mass is 10.1. The normalized spacial score (nSPS) is 26.7. The molecule has 0 aromatic heterocycles. The van der Waals surface area contributed by atoms with Gasteiger partial charge in [0.1, 0.15) is 0 Å². The zero-order chi connectivity index (χ0) is 12.0. The first kappa shape index (κ1) is 13.5. The molecular weight excluding hydrogens is 204 g/mol. The van der Waals surface area contributed by atoms with Gasteiger partial charge >= 0.3 is 0 Å². The maximum atomic E-state index is 11.9. The number of carbonyl (C=O) groups is 1. The van der Waals surface area contributed by atoms with Crippen LogP contribution in [-0.2, 0) is 9.53 Å². The lowest BCUT2D eigenvalue weighted by Crippen LogP contribution is -2.44. The largest absolute Gasteiger partial charge is 0.380 e. The Kier molecular flexibility index (Phi) is 5.77. The molecule has 0 aromatic carbocycles. The Morgan fingerprint density at radius 3 is 2.81 bits per heavy atom. The Morgan fingerprint density at radius 1 is 1.56 bits per heavy atom. The Labute approximate surface area is 98.1 Å². The molecule has 1 aliphatic rings. The molecule has 0 bridgehead atoms. The van der Waals surface area contributed by atoms with E-state index < -0.39 is 0 Å². The second-order valence-electron chi connectivity index (χ2n) is 4.46. The number of hydrogen-bond acceptors (Lipinski definition) is 3. The summed E-state index contributed by atoms with van der Waals surface area (Å²) in [5.41, 5.74) is 0. The summed E-state index contributed by atoms with van der Waals surface area (Å²) in [4.78, 5) is 11.9. The van der Waals surface area contributed by atoms with Gasteiger partial charge in [-0.25, -0.2) is 0 Å². The van der Waals surface area contributed by atoms with Crippen LogP contribution in [0.4, 0.5) is 0 Å². The average Bonchev–Trinajstić information content (AvgIpc) is 2.76. The summed E-state index contributed by atoms with van der Waals surface area (Å²) in [5.74, 6) is 0.125. The van der Waals surface area contributed by atoms with Crippen LogP contribution in [-0.4, -0.2) is 37.7 Å². The minimum atomic E-state index is -0.0733. The van der Waals surface area contributed by atoms with Crippen molar-refractivity contribution in [3.63, 3.8) is 0 Å². The van der Waals surface area contributed by atoms with Gasteiger partial charge in [-0.3, -0.25) is 4.79 Å². The maximum Gasteiger partial charge on any atom is 0.237 e.